The number of benzene rings is 1. The largest absolute Gasteiger partial charge is 0.370 e. The molecule has 2 fully saturated rings. The molecule has 6 nitrogen and oxygen atoms in total. The van der Waals surface area contributed by atoms with Crippen molar-refractivity contribution in [2.45, 2.75) is 64.1 Å². The van der Waals surface area contributed by atoms with E-state index in [1.54, 1.807) is 0 Å². The highest BCUT2D eigenvalue weighted by Crippen LogP contribution is 2.19. The van der Waals surface area contributed by atoms with Gasteiger partial charge >= 0.3 is 0 Å². The van der Waals surface area contributed by atoms with Gasteiger partial charge in [-0.3, -0.25) is 9.69 Å². The molecular weight excluding hydrogens is 465 g/mol. The summed E-state index contributed by atoms with van der Waals surface area (Å²) in [4.78, 5) is 18.3. The SMILES string of the molecule is I.NC(=O)C1CCCN(Cc2cccc(CN=C(N)NC3CCCCC3)c2)C1. The predicted molar refractivity (Wildman–Crippen MR) is 124 cm³/mol. The van der Waals surface area contributed by atoms with Gasteiger partial charge in [0.2, 0.25) is 5.91 Å². The molecule has 0 radical (unpaired) electrons. The van der Waals surface area contributed by atoms with E-state index >= 15 is 0 Å². The molecule has 1 aliphatic carbocycles. The Morgan fingerprint density at radius 1 is 1.11 bits per heavy atom. The topological polar surface area (TPSA) is 96.7 Å². The number of guanidine groups is 1. The number of hydrogen-bond acceptors (Lipinski definition) is 3. The van der Waals surface area contributed by atoms with Crippen LogP contribution >= 0.6 is 24.0 Å². The molecule has 1 aliphatic heterocycles. The Morgan fingerprint density at radius 3 is 2.61 bits per heavy atom. The molecule has 2 aliphatic rings. The van der Waals surface area contributed by atoms with E-state index in [0.717, 1.165) is 38.0 Å². The molecule has 0 spiro atoms. The highest BCUT2D eigenvalue weighted by atomic mass is 127. The molecule has 1 heterocycles. The van der Waals surface area contributed by atoms with E-state index in [9.17, 15) is 4.79 Å². The van der Waals surface area contributed by atoms with E-state index in [4.69, 9.17) is 11.5 Å². The van der Waals surface area contributed by atoms with Gasteiger partial charge in [-0.05, 0) is 43.4 Å². The predicted octanol–water partition coefficient (Wildman–Crippen LogP) is 2.74. The van der Waals surface area contributed by atoms with Crippen molar-refractivity contribution in [2.24, 2.45) is 22.4 Å². The molecule has 7 heteroatoms. The number of amides is 1. The number of primary amides is 1. The normalized spacial score (nSPS) is 21.7. The van der Waals surface area contributed by atoms with Crippen LogP contribution in [0.15, 0.2) is 29.3 Å². The standard InChI is InChI=1S/C21H33N5O.HI/c22-20(27)18-8-5-11-26(15-18)14-17-7-4-6-16(12-17)13-24-21(23)25-19-9-2-1-3-10-19;/h4,6-7,12,18-19H,1-3,5,8-11,13-15H2,(H2,22,27)(H3,23,24,25);1H. The molecule has 1 aromatic rings. The van der Waals surface area contributed by atoms with Crippen LogP contribution in [0.2, 0.25) is 0 Å². The second-order valence-corrected chi connectivity index (χ2v) is 7.98. The number of rotatable bonds is 6. The molecule has 0 aromatic heterocycles. The van der Waals surface area contributed by atoms with E-state index in [0.29, 0.717) is 18.5 Å². The number of carbonyl (C=O) groups is 1. The number of likely N-dealkylation sites (tertiary alicyclic amines) is 1. The summed E-state index contributed by atoms with van der Waals surface area (Å²) in [6.07, 6.45) is 8.20. The van der Waals surface area contributed by atoms with Crippen molar-refractivity contribution in [1.82, 2.24) is 10.2 Å². The second kappa shape index (κ2) is 11.6. The van der Waals surface area contributed by atoms with Crippen LogP contribution in [0, 0.1) is 5.92 Å². The van der Waals surface area contributed by atoms with Crippen LogP contribution in [0.25, 0.3) is 0 Å². The summed E-state index contributed by atoms with van der Waals surface area (Å²) in [7, 11) is 0. The van der Waals surface area contributed by atoms with Gasteiger partial charge in [0.25, 0.3) is 0 Å². The average Bonchev–Trinajstić information content (AvgIpc) is 2.68. The van der Waals surface area contributed by atoms with E-state index in [1.165, 1.54) is 37.7 Å². The number of hydrogen-bond donors (Lipinski definition) is 3. The summed E-state index contributed by atoms with van der Waals surface area (Å²) >= 11 is 0. The molecule has 28 heavy (non-hydrogen) atoms. The third-order valence-electron chi connectivity index (χ3n) is 5.69. The van der Waals surface area contributed by atoms with Crippen LogP contribution in [0.5, 0.6) is 0 Å². The van der Waals surface area contributed by atoms with Gasteiger partial charge in [0.1, 0.15) is 0 Å². The van der Waals surface area contributed by atoms with Crippen molar-refractivity contribution in [3.8, 4) is 0 Å². The van der Waals surface area contributed by atoms with E-state index in [2.05, 4.69) is 39.5 Å². The van der Waals surface area contributed by atoms with Crippen molar-refractivity contribution in [2.75, 3.05) is 13.1 Å². The quantitative estimate of drug-likeness (QED) is 0.319. The maximum absolute atomic E-state index is 11.5. The molecule has 1 saturated carbocycles. The minimum absolute atomic E-state index is 0. The first kappa shape index (κ1) is 22.9. The zero-order chi connectivity index (χ0) is 19.1. The van der Waals surface area contributed by atoms with Crippen molar-refractivity contribution in [3.05, 3.63) is 35.4 Å². The first-order valence-electron chi connectivity index (χ1n) is 10.3. The lowest BCUT2D eigenvalue weighted by Crippen LogP contribution is -2.41. The lowest BCUT2D eigenvalue weighted by atomic mass is 9.96. The number of aliphatic imine (C=N–C) groups is 1. The van der Waals surface area contributed by atoms with Gasteiger partial charge < -0.3 is 16.8 Å². The average molecular weight is 499 g/mol. The second-order valence-electron chi connectivity index (χ2n) is 7.98. The molecule has 5 N–H and O–H groups in total. The third kappa shape index (κ3) is 7.24. The smallest absolute Gasteiger partial charge is 0.221 e. The van der Waals surface area contributed by atoms with Crippen LogP contribution in [0.3, 0.4) is 0 Å². The van der Waals surface area contributed by atoms with Crippen molar-refractivity contribution in [3.63, 3.8) is 0 Å². The summed E-state index contributed by atoms with van der Waals surface area (Å²) in [6, 6.07) is 8.95. The highest BCUT2D eigenvalue weighted by Gasteiger charge is 2.23. The van der Waals surface area contributed by atoms with Crippen molar-refractivity contribution >= 4 is 35.8 Å². The minimum Gasteiger partial charge on any atom is -0.370 e. The minimum atomic E-state index is -0.177. The van der Waals surface area contributed by atoms with Gasteiger partial charge in [-0.25, -0.2) is 4.99 Å². The number of nitrogens with zero attached hydrogens (tertiary/aromatic N) is 2. The number of piperidine rings is 1. The van der Waals surface area contributed by atoms with Crippen LogP contribution in [0.4, 0.5) is 0 Å². The van der Waals surface area contributed by atoms with Gasteiger partial charge in [0.05, 0.1) is 12.5 Å². The first-order chi connectivity index (χ1) is 13.1. The fourth-order valence-corrected chi connectivity index (χ4v) is 4.19. The van der Waals surface area contributed by atoms with Crippen molar-refractivity contribution < 1.29 is 4.79 Å². The number of carbonyl (C=O) groups excluding carboxylic acids is 1. The molecule has 3 rings (SSSR count). The Bertz CT molecular complexity index is 660. The molecule has 0 bridgehead atoms. The summed E-state index contributed by atoms with van der Waals surface area (Å²) in [5.74, 6) is 0.355. The Kier molecular flexibility index (Phi) is 9.50. The summed E-state index contributed by atoms with van der Waals surface area (Å²) in [5, 5.41) is 3.36. The van der Waals surface area contributed by atoms with Gasteiger partial charge in [0, 0.05) is 19.1 Å². The van der Waals surface area contributed by atoms with Crippen LogP contribution in [-0.4, -0.2) is 35.9 Å². The van der Waals surface area contributed by atoms with Crippen LogP contribution < -0.4 is 16.8 Å². The van der Waals surface area contributed by atoms with Gasteiger partial charge in [-0.2, -0.15) is 0 Å². The molecule has 1 atom stereocenters. The number of halogens is 1. The Balaban J connectivity index is 0.00000280. The molecule has 1 saturated heterocycles. The lowest BCUT2D eigenvalue weighted by Gasteiger charge is -2.31. The molecule has 1 unspecified atom stereocenters. The monoisotopic (exact) mass is 499 g/mol. The molecule has 1 amide bonds. The summed E-state index contributed by atoms with van der Waals surface area (Å²) in [6.45, 7) is 3.21. The Hall–Kier alpha value is -1.35. The maximum Gasteiger partial charge on any atom is 0.221 e. The van der Waals surface area contributed by atoms with Gasteiger partial charge in [0.15, 0.2) is 5.96 Å². The van der Waals surface area contributed by atoms with E-state index in [-0.39, 0.29) is 35.8 Å². The van der Waals surface area contributed by atoms with Crippen LogP contribution in [-0.2, 0) is 17.9 Å². The first-order valence-corrected chi connectivity index (χ1v) is 10.3. The molecular formula is C21H34IN5O. The third-order valence-corrected chi connectivity index (χ3v) is 5.69. The van der Waals surface area contributed by atoms with E-state index in [1.807, 2.05) is 0 Å². The van der Waals surface area contributed by atoms with Crippen LogP contribution in [0.1, 0.15) is 56.1 Å². The lowest BCUT2D eigenvalue weighted by molar-refractivity contribution is -0.123. The number of nitrogens with one attached hydrogen (secondary N) is 1. The maximum atomic E-state index is 11.5. The highest BCUT2D eigenvalue weighted by molar-refractivity contribution is 14.0. The summed E-state index contributed by atoms with van der Waals surface area (Å²) < 4.78 is 0. The zero-order valence-electron chi connectivity index (χ0n) is 16.6. The zero-order valence-corrected chi connectivity index (χ0v) is 18.9. The molecule has 156 valence electrons. The Labute approximate surface area is 185 Å². The molecule has 1 aromatic carbocycles. The Morgan fingerprint density at radius 2 is 1.86 bits per heavy atom. The van der Waals surface area contributed by atoms with Crippen molar-refractivity contribution in [1.29, 1.82) is 0 Å². The number of nitrogens with two attached hydrogens (primary N) is 2. The van der Waals surface area contributed by atoms with Gasteiger partial charge in [-0.15, -0.1) is 24.0 Å². The summed E-state index contributed by atoms with van der Waals surface area (Å²) in [5.41, 5.74) is 14.0. The van der Waals surface area contributed by atoms with Gasteiger partial charge in [-0.1, -0.05) is 43.5 Å². The van der Waals surface area contributed by atoms with E-state index < -0.39 is 0 Å². The fraction of sp³-hybridized carbons (Fsp3) is 0.619. The fourth-order valence-electron chi connectivity index (χ4n) is 4.19.